The SMILES string of the molecule is CS(=O)(=O)CCCNC1CC(=O)N(c2ccccc2)C1=O. The van der Waals surface area contributed by atoms with Gasteiger partial charge in [-0.05, 0) is 25.1 Å². The molecule has 1 fully saturated rings. The van der Waals surface area contributed by atoms with Crippen LogP contribution < -0.4 is 10.2 Å². The summed E-state index contributed by atoms with van der Waals surface area (Å²) in [6, 6.07) is 8.20. The summed E-state index contributed by atoms with van der Waals surface area (Å²) >= 11 is 0. The predicted molar refractivity (Wildman–Crippen MR) is 79.7 cm³/mol. The molecular formula is C14H18N2O4S. The summed E-state index contributed by atoms with van der Waals surface area (Å²) in [6.45, 7) is 0.388. The molecule has 1 heterocycles. The van der Waals surface area contributed by atoms with Crippen molar-refractivity contribution in [3.8, 4) is 0 Å². The Labute approximate surface area is 124 Å². The molecule has 0 radical (unpaired) electrons. The number of amides is 2. The lowest BCUT2D eigenvalue weighted by Crippen LogP contribution is -2.39. The molecule has 0 saturated carbocycles. The molecule has 6 nitrogen and oxygen atoms in total. The number of benzene rings is 1. The number of para-hydroxylation sites is 1. The first-order valence-corrected chi connectivity index (χ1v) is 8.77. The van der Waals surface area contributed by atoms with Gasteiger partial charge < -0.3 is 5.32 Å². The summed E-state index contributed by atoms with van der Waals surface area (Å²) < 4.78 is 22.0. The lowest BCUT2D eigenvalue weighted by atomic mass is 10.2. The van der Waals surface area contributed by atoms with Crippen molar-refractivity contribution in [1.82, 2.24) is 5.32 Å². The summed E-state index contributed by atoms with van der Waals surface area (Å²) in [5.41, 5.74) is 0.563. The highest BCUT2D eigenvalue weighted by molar-refractivity contribution is 7.90. The quantitative estimate of drug-likeness (QED) is 0.605. The van der Waals surface area contributed by atoms with Crippen LogP contribution in [-0.2, 0) is 19.4 Å². The molecule has 0 spiro atoms. The Morgan fingerprint density at radius 1 is 1.24 bits per heavy atom. The minimum Gasteiger partial charge on any atom is -0.305 e. The van der Waals surface area contributed by atoms with E-state index >= 15 is 0 Å². The van der Waals surface area contributed by atoms with Gasteiger partial charge in [0, 0.05) is 6.26 Å². The van der Waals surface area contributed by atoms with E-state index in [-0.39, 0.29) is 24.0 Å². The van der Waals surface area contributed by atoms with E-state index in [1.807, 2.05) is 6.07 Å². The molecular weight excluding hydrogens is 292 g/mol. The van der Waals surface area contributed by atoms with Gasteiger partial charge in [0.25, 0.3) is 5.91 Å². The van der Waals surface area contributed by atoms with Gasteiger partial charge in [0.2, 0.25) is 5.91 Å². The summed E-state index contributed by atoms with van der Waals surface area (Å²) in [5.74, 6) is -0.463. The van der Waals surface area contributed by atoms with Crippen molar-refractivity contribution < 1.29 is 18.0 Å². The predicted octanol–water partition coefficient (Wildman–Crippen LogP) is 0.343. The molecule has 1 aromatic rings. The summed E-state index contributed by atoms with van der Waals surface area (Å²) in [5, 5.41) is 2.96. The zero-order valence-corrected chi connectivity index (χ0v) is 12.6. The van der Waals surface area contributed by atoms with E-state index in [2.05, 4.69) is 5.32 Å². The number of carbonyl (C=O) groups is 2. The number of nitrogens with zero attached hydrogens (tertiary/aromatic N) is 1. The second kappa shape index (κ2) is 6.36. The lowest BCUT2D eigenvalue weighted by molar-refractivity contribution is -0.121. The molecule has 1 N–H and O–H groups in total. The van der Waals surface area contributed by atoms with Crippen molar-refractivity contribution >= 4 is 27.3 Å². The maximum absolute atomic E-state index is 12.2. The van der Waals surface area contributed by atoms with E-state index in [0.717, 1.165) is 0 Å². The van der Waals surface area contributed by atoms with Gasteiger partial charge in [-0.2, -0.15) is 0 Å². The van der Waals surface area contributed by atoms with E-state index in [0.29, 0.717) is 18.7 Å². The minimum atomic E-state index is -3.00. The topological polar surface area (TPSA) is 83.6 Å². The van der Waals surface area contributed by atoms with Crippen LogP contribution in [0.15, 0.2) is 30.3 Å². The molecule has 1 atom stereocenters. The second-order valence-corrected chi connectivity index (χ2v) is 7.36. The van der Waals surface area contributed by atoms with E-state index < -0.39 is 15.9 Å². The first-order valence-electron chi connectivity index (χ1n) is 6.71. The van der Waals surface area contributed by atoms with E-state index in [1.165, 1.54) is 11.2 Å². The summed E-state index contributed by atoms with van der Waals surface area (Å²) in [6.07, 6.45) is 1.70. The number of sulfone groups is 1. The fourth-order valence-corrected chi connectivity index (χ4v) is 2.92. The molecule has 114 valence electrons. The molecule has 2 amide bonds. The summed E-state index contributed by atoms with van der Waals surface area (Å²) in [4.78, 5) is 25.4. The highest BCUT2D eigenvalue weighted by atomic mass is 32.2. The third-order valence-electron chi connectivity index (χ3n) is 3.24. The van der Waals surface area contributed by atoms with Gasteiger partial charge in [-0.1, -0.05) is 18.2 Å². The fourth-order valence-electron chi connectivity index (χ4n) is 2.25. The largest absolute Gasteiger partial charge is 0.305 e. The van der Waals surface area contributed by atoms with Crippen molar-refractivity contribution in [3.63, 3.8) is 0 Å². The molecule has 0 aromatic heterocycles. The Morgan fingerprint density at radius 2 is 1.90 bits per heavy atom. The van der Waals surface area contributed by atoms with Crippen LogP contribution in [0.5, 0.6) is 0 Å². The van der Waals surface area contributed by atoms with Crippen LogP contribution in [0.25, 0.3) is 0 Å². The Morgan fingerprint density at radius 3 is 2.52 bits per heavy atom. The van der Waals surface area contributed by atoms with Crippen LogP contribution in [0.4, 0.5) is 5.69 Å². The Hall–Kier alpha value is -1.73. The Balaban J connectivity index is 1.93. The van der Waals surface area contributed by atoms with Crippen LogP contribution in [0, 0.1) is 0 Å². The van der Waals surface area contributed by atoms with Gasteiger partial charge in [0.15, 0.2) is 0 Å². The molecule has 0 aliphatic carbocycles. The molecule has 0 bridgehead atoms. The Kier molecular flexibility index (Phi) is 4.74. The van der Waals surface area contributed by atoms with Crippen LogP contribution in [0.3, 0.4) is 0 Å². The van der Waals surface area contributed by atoms with Gasteiger partial charge in [0.1, 0.15) is 9.84 Å². The van der Waals surface area contributed by atoms with Crippen LogP contribution in [0.2, 0.25) is 0 Å². The first kappa shape index (κ1) is 15.7. The molecule has 2 rings (SSSR count). The van der Waals surface area contributed by atoms with E-state index in [4.69, 9.17) is 0 Å². The maximum Gasteiger partial charge on any atom is 0.251 e. The van der Waals surface area contributed by atoms with Gasteiger partial charge in [-0.25, -0.2) is 13.3 Å². The molecule has 1 aliphatic rings. The normalized spacial score (nSPS) is 19.3. The molecule has 1 aromatic carbocycles. The molecule has 1 saturated heterocycles. The van der Waals surface area contributed by atoms with E-state index in [9.17, 15) is 18.0 Å². The number of hydrogen-bond acceptors (Lipinski definition) is 5. The third kappa shape index (κ3) is 4.12. The number of imide groups is 1. The number of anilines is 1. The summed E-state index contributed by atoms with van der Waals surface area (Å²) in [7, 11) is -3.00. The Bertz CT molecular complexity index is 628. The van der Waals surface area contributed by atoms with Gasteiger partial charge in [-0.3, -0.25) is 9.59 Å². The van der Waals surface area contributed by atoms with Gasteiger partial charge in [0.05, 0.1) is 23.9 Å². The fraction of sp³-hybridized carbons (Fsp3) is 0.429. The third-order valence-corrected chi connectivity index (χ3v) is 4.27. The average molecular weight is 310 g/mol. The highest BCUT2D eigenvalue weighted by Gasteiger charge is 2.38. The number of carbonyl (C=O) groups excluding carboxylic acids is 2. The smallest absolute Gasteiger partial charge is 0.251 e. The number of rotatable bonds is 6. The van der Waals surface area contributed by atoms with Crippen molar-refractivity contribution in [2.45, 2.75) is 18.9 Å². The van der Waals surface area contributed by atoms with Crippen molar-refractivity contribution in [1.29, 1.82) is 0 Å². The van der Waals surface area contributed by atoms with Crippen molar-refractivity contribution in [2.75, 3.05) is 23.5 Å². The molecule has 1 aliphatic heterocycles. The zero-order valence-electron chi connectivity index (χ0n) is 11.8. The van der Waals surface area contributed by atoms with Crippen LogP contribution in [0.1, 0.15) is 12.8 Å². The van der Waals surface area contributed by atoms with Gasteiger partial charge in [-0.15, -0.1) is 0 Å². The number of hydrogen-bond donors (Lipinski definition) is 1. The standard InChI is InChI=1S/C14H18N2O4S/c1-21(19,20)9-5-8-15-12-10-13(17)16(14(12)18)11-6-3-2-4-7-11/h2-4,6-7,12,15H,5,8-10H2,1H3. The lowest BCUT2D eigenvalue weighted by Gasteiger charge is -2.15. The maximum atomic E-state index is 12.2. The second-order valence-electron chi connectivity index (χ2n) is 5.10. The van der Waals surface area contributed by atoms with Crippen LogP contribution in [-0.4, -0.2) is 44.8 Å². The monoisotopic (exact) mass is 310 g/mol. The van der Waals surface area contributed by atoms with Crippen LogP contribution >= 0.6 is 0 Å². The molecule has 21 heavy (non-hydrogen) atoms. The molecule has 1 unspecified atom stereocenters. The number of nitrogens with one attached hydrogen (secondary N) is 1. The highest BCUT2D eigenvalue weighted by Crippen LogP contribution is 2.22. The van der Waals surface area contributed by atoms with Crippen molar-refractivity contribution in [3.05, 3.63) is 30.3 Å². The average Bonchev–Trinajstić information content (AvgIpc) is 2.69. The minimum absolute atomic E-state index is 0.0667. The van der Waals surface area contributed by atoms with Crippen molar-refractivity contribution in [2.24, 2.45) is 0 Å². The van der Waals surface area contributed by atoms with E-state index in [1.54, 1.807) is 24.3 Å². The van der Waals surface area contributed by atoms with Gasteiger partial charge >= 0.3 is 0 Å². The first-order chi connectivity index (χ1) is 9.88. The zero-order chi connectivity index (χ0) is 15.5. The molecule has 7 heteroatoms.